The lowest BCUT2D eigenvalue weighted by molar-refractivity contribution is -0.241. The summed E-state index contributed by atoms with van der Waals surface area (Å²) in [6.45, 7) is 9.22. The Morgan fingerprint density at radius 2 is 1.90 bits per heavy atom. The Kier molecular flexibility index (Phi) is 9.31. The summed E-state index contributed by atoms with van der Waals surface area (Å²) < 4.78 is 24.3. The van der Waals surface area contributed by atoms with Gasteiger partial charge in [-0.25, -0.2) is 4.39 Å². The van der Waals surface area contributed by atoms with Gasteiger partial charge in [0.15, 0.2) is 11.0 Å². The summed E-state index contributed by atoms with van der Waals surface area (Å²) in [6.07, 6.45) is 4.52. The molecule has 1 heterocycles. The second-order valence-corrected chi connectivity index (χ2v) is 9.08. The van der Waals surface area contributed by atoms with Crippen LogP contribution in [0.2, 0.25) is 0 Å². The van der Waals surface area contributed by atoms with Gasteiger partial charge in [-0.15, -0.1) is 0 Å². The van der Waals surface area contributed by atoms with E-state index in [9.17, 15) is 9.18 Å². The quantitative estimate of drug-likeness (QED) is 0.483. The molecule has 1 aliphatic heterocycles. The third kappa shape index (κ3) is 5.62. The minimum absolute atomic E-state index is 0.254. The van der Waals surface area contributed by atoms with Crippen LogP contribution in [0.15, 0.2) is 29.3 Å². The lowest BCUT2D eigenvalue weighted by Gasteiger charge is -2.44. The van der Waals surface area contributed by atoms with Gasteiger partial charge >= 0.3 is 0 Å². The number of ether oxygens (including phenoxy) is 2. The van der Waals surface area contributed by atoms with E-state index in [1.807, 2.05) is 20.8 Å². The Hall–Kier alpha value is -1.44. The maximum absolute atomic E-state index is 13.1. The zero-order valence-corrected chi connectivity index (χ0v) is 19.6. The molecule has 1 saturated heterocycles. The monoisotopic (exact) mass is 438 g/mol. The molecule has 2 unspecified atom stereocenters. The van der Waals surface area contributed by atoms with Crippen molar-refractivity contribution in [3.8, 4) is 0 Å². The van der Waals surface area contributed by atoms with Crippen molar-refractivity contribution in [2.24, 2.45) is 10.9 Å². The normalized spacial score (nSPS) is 32.3. The van der Waals surface area contributed by atoms with Crippen LogP contribution in [-0.2, 0) is 20.8 Å². The van der Waals surface area contributed by atoms with E-state index < -0.39 is 5.79 Å². The first-order chi connectivity index (χ1) is 14.4. The van der Waals surface area contributed by atoms with E-state index in [1.54, 1.807) is 31.0 Å². The van der Waals surface area contributed by atoms with Crippen LogP contribution in [-0.4, -0.2) is 41.7 Å². The van der Waals surface area contributed by atoms with Crippen LogP contribution < -0.4 is 5.32 Å². The van der Waals surface area contributed by atoms with Gasteiger partial charge in [0.05, 0.1) is 17.3 Å². The number of aldehydes is 1. The molecule has 1 N–H and O–H groups in total. The van der Waals surface area contributed by atoms with E-state index in [1.165, 1.54) is 12.1 Å². The third-order valence-corrected chi connectivity index (χ3v) is 7.47. The molecular weight excluding hydrogens is 403 g/mol. The molecule has 0 amide bonds. The Bertz CT molecular complexity index is 705. The first kappa shape index (κ1) is 24.8. The van der Waals surface area contributed by atoms with Crippen LogP contribution in [0.1, 0.15) is 58.9 Å². The molecule has 3 rings (SSSR count). The van der Waals surface area contributed by atoms with Crippen LogP contribution >= 0.6 is 11.8 Å². The standard InChI is InChI=1S/C21H29FN2O3S.C2H6/c1-4-27-21(26-3)11-9-16(10-12-21)20(2)18(14-25)24-19(28-20)23-13-15-5-7-17(22)8-6-15;1-2/h5-8,14,16,18H,4,9-13H2,1-3H3,(H,23,24);1-2H3. The number of rotatable bonds is 7. The number of benzene rings is 1. The highest BCUT2D eigenvalue weighted by molar-refractivity contribution is 8.15. The Balaban J connectivity index is 0.00000155. The van der Waals surface area contributed by atoms with Crippen molar-refractivity contribution in [2.45, 2.75) is 76.5 Å². The number of aliphatic imine (C=N–C) groups is 1. The second-order valence-electron chi connectivity index (χ2n) is 7.61. The molecule has 0 radical (unpaired) electrons. The predicted octanol–water partition coefficient (Wildman–Crippen LogP) is 4.94. The van der Waals surface area contributed by atoms with E-state index in [2.05, 4.69) is 17.2 Å². The summed E-state index contributed by atoms with van der Waals surface area (Å²) in [5, 5.41) is 4.05. The molecule has 2 fully saturated rings. The van der Waals surface area contributed by atoms with Crippen molar-refractivity contribution in [2.75, 3.05) is 13.7 Å². The van der Waals surface area contributed by atoms with E-state index in [4.69, 9.17) is 9.47 Å². The summed E-state index contributed by atoms with van der Waals surface area (Å²) >= 11 is 1.65. The molecule has 2 atom stereocenters. The Morgan fingerprint density at radius 3 is 2.43 bits per heavy atom. The van der Waals surface area contributed by atoms with Gasteiger partial charge in [-0.1, -0.05) is 37.7 Å². The first-order valence-corrected chi connectivity index (χ1v) is 11.6. The van der Waals surface area contributed by atoms with E-state index in [0.29, 0.717) is 19.1 Å². The number of carbonyl (C=O) groups excluding carboxylic acids is 1. The molecule has 2 aliphatic rings. The van der Waals surface area contributed by atoms with Crippen LogP contribution in [0.5, 0.6) is 0 Å². The molecule has 30 heavy (non-hydrogen) atoms. The van der Waals surface area contributed by atoms with Gasteiger partial charge in [0, 0.05) is 26.6 Å². The summed E-state index contributed by atoms with van der Waals surface area (Å²) in [5.74, 6) is -0.383. The number of nitrogens with zero attached hydrogens (tertiary/aromatic N) is 1. The summed E-state index contributed by atoms with van der Waals surface area (Å²) in [6, 6.07) is 6.05. The largest absolute Gasteiger partial charge is 0.354 e. The summed E-state index contributed by atoms with van der Waals surface area (Å²) in [4.78, 5) is 16.4. The molecule has 7 heteroatoms. The smallest absolute Gasteiger partial charge is 0.167 e. The average Bonchev–Trinajstić information content (AvgIpc) is 3.12. The first-order valence-electron chi connectivity index (χ1n) is 10.8. The molecular formula is C23H35FN2O3S. The van der Waals surface area contributed by atoms with Crippen molar-refractivity contribution in [1.82, 2.24) is 5.32 Å². The van der Waals surface area contributed by atoms with Gasteiger partial charge in [-0.05, 0) is 50.3 Å². The van der Waals surface area contributed by atoms with Crippen molar-refractivity contribution < 1.29 is 18.7 Å². The lowest BCUT2D eigenvalue weighted by atomic mass is 9.75. The molecule has 5 nitrogen and oxygen atoms in total. The van der Waals surface area contributed by atoms with E-state index in [-0.39, 0.29) is 16.6 Å². The predicted molar refractivity (Wildman–Crippen MR) is 121 cm³/mol. The van der Waals surface area contributed by atoms with Crippen LogP contribution in [0, 0.1) is 11.7 Å². The fourth-order valence-electron chi connectivity index (χ4n) is 4.22. The van der Waals surface area contributed by atoms with Gasteiger partial charge in [-0.2, -0.15) is 0 Å². The van der Waals surface area contributed by atoms with Crippen LogP contribution in [0.25, 0.3) is 0 Å². The molecule has 1 saturated carbocycles. The maximum atomic E-state index is 13.1. The minimum Gasteiger partial charge on any atom is -0.354 e. The number of nitrogens with one attached hydrogen (secondary N) is 1. The number of halogens is 1. The highest BCUT2D eigenvalue weighted by Crippen LogP contribution is 2.49. The van der Waals surface area contributed by atoms with E-state index >= 15 is 0 Å². The van der Waals surface area contributed by atoms with Gasteiger partial charge in [0.1, 0.15) is 12.1 Å². The molecule has 0 bridgehead atoms. The SMILES string of the molecule is CC.CCOC1(OC)CCC(C2(C)SC(=NCc3ccc(F)cc3)NC2C=O)CC1. The topological polar surface area (TPSA) is 59.9 Å². The number of hydrogen-bond donors (Lipinski definition) is 1. The van der Waals surface area contributed by atoms with Gasteiger partial charge in [0.2, 0.25) is 0 Å². The molecule has 0 spiro atoms. The van der Waals surface area contributed by atoms with Crippen molar-refractivity contribution in [1.29, 1.82) is 0 Å². The van der Waals surface area contributed by atoms with Crippen LogP contribution in [0.4, 0.5) is 4.39 Å². The fraction of sp³-hybridized carbons (Fsp3) is 0.652. The fourth-order valence-corrected chi connectivity index (χ4v) is 5.59. The Morgan fingerprint density at radius 1 is 1.27 bits per heavy atom. The highest BCUT2D eigenvalue weighted by atomic mass is 32.2. The van der Waals surface area contributed by atoms with Crippen molar-refractivity contribution in [3.63, 3.8) is 0 Å². The van der Waals surface area contributed by atoms with Crippen molar-refractivity contribution in [3.05, 3.63) is 35.6 Å². The number of carbonyl (C=O) groups is 1. The molecule has 0 aromatic heterocycles. The van der Waals surface area contributed by atoms with Crippen LogP contribution in [0.3, 0.4) is 0 Å². The number of amidine groups is 1. The summed E-state index contributed by atoms with van der Waals surface area (Å²) in [5.41, 5.74) is 0.937. The summed E-state index contributed by atoms with van der Waals surface area (Å²) in [7, 11) is 1.71. The second kappa shape index (κ2) is 11.3. The third-order valence-electron chi connectivity index (χ3n) is 6.01. The maximum Gasteiger partial charge on any atom is 0.167 e. The molecule has 1 aromatic rings. The molecule has 168 valence electrons. The van der Waals surface area contributed by atoms with E-state index in [0.717, 1.165) is 42.7 Å². The van der Waals surface area contributed by atoms with Gasteiger partial charge < -0.3 is 19.6 Å². The Labute approximate surface area is 184 Å². The highest BCUT2D eigenvalue weighted by Gasteiger charge is 2.51. The van der Waals surface area contributed by atoms with Gasteiger partial charge in [0.25, 0.3) is 0 Å². The average molecular weight is 439 g/mol. The van der Waals surface area contributed by atoms with Gasteiger partial charge in [-0.3, -0.25) is 4.99 Å². The molecule has 1 aliphatic carbocycles. The zero-order chi connectivity index (χ0) is 22.2. The van der Waals surface area contributed by atoms with Crippen molar-refractivity contribution >= 4 is 23.2 Å². The zero-order valence-electron chi connectivity index (χ0n) is 18.7. The molecule has 1 aromatic carbocycles. The number of hydrogen-bond acceptors (Lipinski definition) is 5. The minimum atomic E-state index is -0.492. The number of thioether (sulfide) groups is 1. The lowest BCUT2D eigenvalue weighted by Crippen LogP contribution is -2.49. The number of methoxy groups -OCH3 is 1.